The summed E-state index contributed by atoms with van der Waals surface area (Å²) in [5.74, 6) is 3.55. The van der Waals surface area contributed by atoms with Crippen LogP contribution in [0.15, 0.2) is 18.2 Å². The van der Waals surface area contributed by atoms with Gasteiger partial charge >= 0.3 is 0 Å². The Morgan fingerprint density at radius 3 is 2.62 bits per heavy atom. The maximum absolute atomic E-state index is 13.3. The third kappa shape index (κ3) is 4.11. The van der Waals surface area contributed by atoms with Crippen LogP contribution in [0.1, 0.15) is 96.1 Å². The Hall–Kier alpha value is -1.39. The number of nitrogens with zero attached hydrogens (tertiary/aromatic N) is 1. The monoisotopic (exact) mass is 507 g/mol. The number of aryl methyl sites for hydroxylation is 1. The number of aliphatic hydroxyl groups is 2. The van der Waals surface area contributed by atoms with Crippen molar-refractivity contribution in [1.29, 1.82) is 0 Å². The first-order chi connectivity index (χ1) is 17.6. The summed E-state index contributed by atoms with van der Waals surface area (Å²) in [6.07, 6.45) is 11.0. The van der Waals surface area contributed by atoms with Gasteiger partial charge in [0, 0.05) is 18.7 Å². The largest absolute Gasteiger partial charge is 0.393 e. The van der Waals surface area contributed by atoms with Crippen LogP contribution in [-0.4, -0.2) is 34.9 Å². The maximum Gasteiger partial charge on any atom is 0.227 e. The first-order valence-corrected chi connectivity index (χ1v) is 15.4. The molecule has 0 aromatic heterocycles. The van der Waals surface area contributed by atoms with Crippen molar-refractivity contribution in [3.8, 4) is 0 Å². The van der Waals surface area contributed by atoms with E-state index in [1.54, 1.807) is 0 Å². The van der Waals surface area contributed by atoms with Crippen LogP contribution in [0.5, 0.6) is 0 Å². The number of amides is 1. The van der Waals surface area contributed by atoms with Crippen molar-refractivity contribution < 1.29 is 15.0 Å². The Morgan fingerprint density at radius 1 is 1.05 bits per heavy atom. The molecule has 4 nitrogen and oxygen atoms in total. The van der Waals surface area contributed by atoms with Crippen molar-refractivity contribution in [2.45, 2.75) is 111 Å². The predicted molar refractivity (Wildman–Crippen MR) is 148 cm³/mol. The number of hydrogen-bond donors (Lipinski definition) is 2. The first kappa shape index (κ1) is 25.9. The van der Waals surface area contributed by atoms with Crippen LogP contribution < -0.4 is 4.90 Å². The van der Waals surface area contributed by atoms with Crippen LogP contribution in [0, 0.1) is 53.3 Å². The Kier molecular flexibility index (Phi) is 6.55. The van der Waals surface area contributed by atoms with Crippen LogP contribution in [0.25, 0.3) is 0 Å². The normalized spacial score (nSPS) is 43.5. The lowest BCUT2D eigenvalue weighted by molar-refractivity contribution is -0.174. The second kappa shape index (κ2) is 9.37. The smallest absolute Gasteiger partial charge is 0.227 e. The van der Waals surface area contributed by atoms with Gasteiger partial charge in [-0.15, -0.1) is 0 Å². The van der Waals surface area contributed by atoms with Gasteiger partial charge in [0.05, 0.1) is 12.2 Å². The second-order valence-electron chi connectivity index (χ2n) is 14.4. The van der Waals surface area contributed by atoms with Gasteiger partial charge < -0.3 is 15.1 Å². The summed E-state index contributed by atoms with van der Waals surface area (Å²) >= 11 is 0. The Labute approximate surface area is 224 Å². The number of carbonyl (C=O) groups is 1. The minimum absolute atomic E-state index is 0.173. The molecule has 4 aliphatic carbocycles. The highest BCUT2D eigenvalue weighted by Gasteiger charge is 2.62. The summed E-state index contributed by atoms with van der Waals surface area (Å²) in [5.41, 5.74) is 4.28. The van der Waals surface area contributed by atoms with Crippen molar-refractivity contribution >= 4 is 11.6 Å². The number of carbonyl (C=O) groups excluding carboxylic acids is 1. The molecule has 1 heterocycles. The Balaban J connectivity index is 1.13. The van der Waals surface area contributed by atoms with Gasteiger partial charge in [0.1, 0.15) is 0 Å². The van der Waals surface area contributed by atoms with E-state index < -0.39 is 0 Å². The molecule has 0 spiro atoms. The quantitative estimate of drug-likeness (QED) is 0.503. The molecular weight excluding hydrogens is 458 g/mol. The maximum atomic E-state index is 13.3. The molecular formula is C33H49NO3. The van der Waals surface area contributed by atoms with Gasteiger partial charge in [0.2, 0.25) is 5.91 Å². The van der Waals surface area contributed by atoms with Gasteiger partial charge in [0.15, 0.2) is 0 Å². The number of aliphatic hydroxyl groups excluding tert-OH is 2. The summed E-state index contributed by atoms with van der Waals surface area (Å²) in [7, 11) is 0. The van der Waals surface area contributed by atoms with E-state index in [0.717, 1.165) is 50.8 Å². The van der Waals surface area contributed by atoms with Crippen LogP contribution >= 0.6 is 0 Å². The number of fused-ring (bicyclic) bond motifs is 6. The summed E-state index contributed by atoms with van der Waals surface area (Å²) in [6.45, 7) is 10.4. The summed E-state index contributed by atoms with van der Waals surface area (Å²) in [5, 5.41) is 21.8. The molecule has 2 N–H and O–H groups in total. The van der Waals surface area contributed by atoms with Gasteiger partial charge in [-0.3, -0.25) is 4.79 Å². The molecule has 37 heavy (non-hydrogen) atoms. The molecule has 1 aromatic carbocycles. The van der Waals surface area contributed by atoms with Crippen LogP contribution in [0.4, 0.5) is 5.69 Å². The zero-order chi connectivity index (χ0) is 26.1. The van der Waals surface area contributed by atoms with Gasteiger partial charge in [-0.1, -0.05) is 38.5 Å². The van der Waals surface area contributed by atoms with E-state index in [4.69, 9.17) is 0 Å². The minimum Gasteiger partial charge on any atom is -0.393 e. The summed E-state index contributed by atoms with van der Waals surface area (Å²) in [6, 6.07) is 6.49. The molecule has 1 aliphatic heterocycles. The van der Waals surface area contributed by atoms with E-state index in [2.05, 4.69) is 45.9 Å². The topological polar surface area (TPSA) is 60.8 Å². The Morgan fingerprint density at radius 2 is 1.81 bits per heavy atom. The highest BCUT2D eigenvalue weighted by Crippen LogP contribution is 2.68. The molecule has 4 fully saturated rings. The van der Waals surface area contributed by atoms with Gasteiger partial charge in [-0.05, 0) is 129 Å². The van der Waals surface area contributed by atoms with Crippen molar-refractivity contribution in [2.24, 2.45) is 46.3 Å². The first-order valence-electron chi connectivity index (χ1n) is 15.4. The number of hydrogen-bond acceptors (Lipinski definition) is 3. The predicted octanol–water partition coefficient (Wildman–Crippen LogP) is 6.29. The highest BCUT2D eigenvalue weighted by molar-refractivity contribution is 5.95. The molecule has 1 amide bonds. The van der Waals surface area contributed by atoms with Crippen LogP contribution in [0.2, 0.25) is 0 Å². The average Bonchev–Trinajstić information content (AvgIpc) is 3.44. The molecule has 4 saturated carbocycles. The second-order valence-corrected chi connectivity index (χ2v) is 14.4. The van der Waals surface area contributed by atoms with E-state index in [-0.39, 0.29) is 23.0 Å². The molecule has 204 valence electrons. The van der Waals surface area contributed by atoms with Gasteiger partial charge in [-0.25, -0.2) is 0 Å². The fourth-order valence-corrected chi connectivity index (χ4v) is 10.7. The molecule has 0 saturated heterocycles. The van der Waals surface area contributed by atoms with Crippen molar-refractivity contribution in [3.05, 3.63) is 29.3 Å². The van der Waals surface area contributed by atoms with E-state index in [1.807, 2.05) is 4.90 Å². The third-order valence-electron chi connectivity index (χ3n) is 12.7. The molecule has 4 heteroatoms. The highest BCUT2D eigenvalue weighted by atomic mass is 16.3. The lowest BCUT2D eigenvalue weighted by Crippen LogP contribution is -2.58. The van der Waals surface area contributed by atoms with Crippen LogP contribution in [-0.2, 0) is 11.2 Å². The average molecular weight is 508 g/mol. The SMILES string of the molecule is Cc1ccc2c(c1)CCN2C(=O)CC[C@@H](C)[C@H]1CC[C@H]2[C@@H]3[C@@H](O)C[C@@H]4C[C@H](O)CC[C@]4(C)[C@H]3CC[C@]12C. The Bertz CT molecular complexity index is 1040. The zero-order valence-electron chi connectivity index (χ0n) is 23.6. The van der Waals surface area contributed by atoms with Crippen molar-refractivity contribution in [1.82, 2.24) is 0 Å². The number of benzene rings is 1. The van der Waals surface area contributed by atoms with E-state index in [0.29, 0.717) is 47.8 Å². The molecule has 5 aliphatic rings. The standard InChI is InChI=1S/C33H49NO3/c1-20-5-9-28-22(17-20)13-16-34(28)30(37)10-6-21(2)25-7-8-26-31-27(12-15-33(25,26)4)32(3)14-11-24(35)18-23(32)19-29(31)36/h5,9,17,21,23-27,29,31,35-36H,6-8,10-16,18-19H2,1-4H3/t21-,23+,24-,25-,26+,27+,29+,31+,32+,33-/m1/s1. The molecule has 10 atom stereocenters. The van der Waals surface area contributed by atoms with E-state index in [9.17, 15) is 15.0 Å². The van der Waals surface area contributed by atoms with Gasteiger partial charge in [-0.2, -0.15) is 0 Å². The lowest BCUT2D eigenvalue weighted by Gasteiger charge is -2.62. The summed E-state index contributed by atoms with van der Waals surface area (Å²) < 4.78 is 0. The number of anilines is 1. The molecule has 0 bridgehead atoms. The van der Waals surface area contributed by atoms with Gasteiger partial charge in [0.25, 0.3) is 0 Å². The molecule has 0 unspecified atom stereocenters. The zero-order valence-corrected chi connectivity index (χ0v) is 23.6. The lowest BCUT2D eigenvalue weighted by atomic mass is 9.43. The summed E-state index contributed by atoms with van der Waals surface area (Å²) in [4.78, 5) is 15.3. The van der Waals surface area contributed by atoms with E-state index in [1.165, 1.54) is 36.8 Å². The molecule has 1 aromatic rings. The van der Waals surface area contributed by atoms with E-state index >= 15 is 0 Å². The van der Waals surface area contributed by atoms with Crippen LogP contribution in [0.3, 0.4) is 0 Å². The molecule has 0 radical (unpaired) electrons. The minimum atomic E-state index is -0.215. The van der Waals surface area contributed by atoms with Crippen molar-refractivity contribution in [2.75, 3.05) is 11.4 Å². The third-order valence-corrected chi connectivity index (χ3v) is 12.7. The fraction of sp³-hybridized carbons (Fsp3) is 0.788. The van der Waals surface area contributed by atoms with Crippen molar-refractivity contribution in [3.63, 3.8) is 0 Å². The number of rotatable bonds is 4. The fourth-order valence-electron chi connectivity index (χ4n) is 10.7. The molecule has 6 rings (SSSR count).